The Labute approximate surface area is 176 Å². The van der Waals surface area contributed by atoms with Gasteiger partial charge >= 0.3 is 0 Å². The summed E-state index contributed by atoms with van der Waals surface area (Å²) in [5.74, 6) is 0.452. The fraction of sp³-hybridized carbons (Fsp3) is 0.545. The number of para-hydroxylation sites is 1. The molecular formula is C22H29ClN4O2. The number of nitrogens with one attached hydrogen (secondary N) is 1. The van der Waals surface area contributed by atoms with E-state index < -0.39 is 0 Å². The standard InChI is InChI=1S/C22H29ClN4O2/c1-16-5-2-3-7-20(16)26-10-8-18(9-11-26)27-22(28)21(23)19(14-25-27)24-13-17-6-4-12-29-15-17/h2-3,5,7,14,17-18,24H,4,6,8-13,15H2,1H3/t17-/m1/s1. The Bertz CT molecular complexity index is 887. The molecule has 1 atom stereocenters. The maximum Gasteiger partial charge on any atom is 0.287 e. The molecule has 2 aliphatic heterocycles. The highest BCUT2D eigenvalue weighted by Gasteiger charge is 2.24. The maximum absolute atomic E-state index is 12.8. The molecule has 2 aromatic rings. The van der Waals surface area contributed by atoms with Crippen molar-refractivity contribution in [3.8, 4) is 0 Å². The lowest BCUT2D eigenvalue weighted by Crippen LogP contribution is -2.39. The summed E-state index contributed by atoms with van der Waals surface area (Å²) in [6.45, 7) is 6.30. The van der Waals surface area contributed by atoms with Crippen molar-refractivity contribution in [2.75, 3.05) is 43.1 Å². The van der Waals surface area contributed by atoms with E-state index in [4.69, 9.17) is 16.3 Å². The third-order valence-electron chi connectivity index (χ3n) is 6.05. The molecule has 1 aromatic carbocycles. The molecule has 0 aliphatic carbocycles. The largest absolute Gasteiger partial charge is 0.382 e. The molecule has 0 radical (unpaired) electrons. The zero-order chi connectivity index (χ0) is 20.2. The van der Waals surface area contributed by atoms with Crippen molar-refractivity contribution in [2.24, 2.45) is 5.92 Å². The van der Waals surface area contributed by atoms with E-state index in [1.165, 1.54) is 11.3 Å². The monoisotopic (exact) mass is 416 g/mol. The molecule has 2 fully saturated rings. The molecule has 156 valence electrons. The van der Waals surface area contributed by atoms with Crippen molar-refractivity contribution >= 4 is 23.0 Å². The summed E-state index contributed by atoms with van der Waals surface area (Å²) in [5, 5.41) is 7.98. The van der Waals surface area contributed by atoms with Gasteiger partial charge in [-0.2, -0.15) is 5.10 Å². The predicted octanol–water partition coefficient (Wildman–Crippen LogP) is 3.89. The fourth-order valence-corrected chi connectivity index (χ4v) is 4.52. The summed E-state index contributed by atoms with van der Waals surface area (Å²) in [6.07, 6.45) is 5.67. The summed E-state index contributed by atoms with van der Waals surface area (Å²) in [6, 6.07) is 8.52. The molecule has 2 saturated heterocycles. The van der Waals surface area contributed by atoms with Gasteiger partial charge in [0.25, 0.3) is 5.56 Å². The van der Waals surface area contributed by atoms with Crippen LogP contribution >= 0.6 is 11.6 Å². The van der Waals surface area contributed by atoms with Gasteiger partial charge in [-0.05, 0) is 50.2 Å². The first kappa shape index (κ1) is 20.2. The van der Waals surface area contributed by atoms with Crippen LogP contribution in [-0.4, -0.2) is 42.6 Å². The summed E-state index contributed by atoms with van der Waals surface area (Å²) in [5.41, 5.74) is 2.97. The second-order valence-corrected chi connectivity index (χ2v) is 8.47. The number of hydrogen-bond acceptors (Lipinski definition) is 5. The SMILES string of the molecule is Cc1ccccc1N1CCC(n2ncc(NC[C@H]3CCCOC3)c(Cl)c2=O)CC1. The van der Waals surface area contributed by atoms with E-state index in [1.807, 2.05) is 0 Å². The zero-order valence-corrected chi connectivity index (χ0v) is 17.7. The van der Waals surface area contributed by atoms with E-state index in [0.29, 0.717) is 11.6 Å². The lowest BCUT2D eigenvalue weighted by Gasteiger charge is -2.34. The van der Waals surface area contributed by atoms with Crippen molar-refractivity contribution < 1.29 is 4.74 Å². The first-order valence-electron chi connectivity index (χ1n) is 10.5. The van der Waals surface area contributed by atoms with Crippen LogP contribution in [0.25, 0.3) is 0 Å². The fourth-order valence-electron chi connectivity index (χ4n) is 4.32. The Balaban J connectivity index is 1.40. The smallest absolute Gasteiger partial charge is 0.287 e. The Morgan fingerprint density at radius 2 is 2.03 bits per heavy atom. The molecule has 7 heteroatoms. The Morgan fingerprint density at radius 3 is 2.76 bits per heavy atom. The van der Waals surface area contributed by atoms with Crippen LogP contribution in [0.4, 0.5) is 11.4 Å². The molecule has 6 nitrogen and oxygen atoms in total. The highest BCUT2D eigenvalue weighted by atomic mass is 35.5. The van der Waals surface area contributed by atoms with Gasteiger partial charge in [0, 0.05) is 31.9 Å². The number of hydrogen-bond donors (Lipinski definition) is 1. The van der Waals surface area contributed by atoms with Crippen molar-refractivity contribution in [1.29, 1.82) is 0 Å². The van der Waals surface area contributed by atoms with Gasteiger partial charge in [0.1, 0.15) is 5.02 Å². The van der Waals surface area contributed by atoms with Gasteiger partial charge < -0.3 is 15.0 Å². The minimum absolute atomic E-state index is 0.0843. The molecule has 29 heavy (non-hydrogen) atoms. The van der Waals surface area contributed by atoms with Crippen LogP contribution in [0.5, 0.6) is 0 Å². The van der Waals surface area contributed by atoms with Crippen molar-refractivity contribution in [3.05, 3.63) is 51.4 Å². The molecule has 2 aliphatic rings. The number of ether oxygens (including phenoxy) is 1. The van der Waals surface area contributed by atoms with Gasteiger partial charge in [0.15, 0.2) is 0 Å². The number of rotatable bonds is 5. The van der Waals surface area contributed by atoms with Gasteiger partial charge in [-0.1, -0.05) is 29.8 Å². The van der Waals surface area contributed by atoms with Crippen molar-refractivity contribution in [1.82, 2.24) is 9.78 Å². The average molecular weight is 417 g/mol. The third-order valence-corrected chi connectivity index (χ3v) is 6.41. The first-order chi connectivity index (χ1) is 14.1. The predicted molar refractivity (Wildman–Crippen MR) is 117 cm³/mol. The van der Waals surface area contributed by atoms with Crippen LogP contribution in [0.3, 0.4) is 0 Å². The molecule has 0 saturated carbocycles. The van der Waals surface area contributed by atoms with Gasteiger partial charge in [0.2, 0.25) is 0 Å². The molecule has 0 unspecified atom stereocenters. The van der Waals surface area contributed by atoms with Gasteiger partial charge in [-0.3, -0.25) is 4.79 Å². The average Bonchev–Trinajstić information content (AvgIpc) is 2.76. The minimum Gasteiger partial charge on any atom is -0.382 e. The molecule has 1 N–H and O–H groups in total. The van der Waals surface area contributed by atoms with Gasteiger partial charge in [0.05, 0.1) is 24.5 Å². The molecule has 3 heterocycles. The Morgan fingerprint density at radius 1 is 1.24 bits per heavy atom. The van der Waals surface area contributed by atoms with E-state index in [2.05, 4.69) is 46.5 Å². The third kappa shape index (κ3) is 4.59. The van der Waals surface area contributed by atoms with Crippen LogP contribution in [0.15, 0.2) is 35.3 Å². The van der Waals surface area contributed by atoms with Gasteiger partial charge in [-0.25, -0.2) is 4.68 Å². The topological polar surface area (TPSA) is 59.4 Å². The molecular weight excluding hydrogens is 388 g/mol. The first-order valence-corrected chi connectivity index (χ1v) is 10.9. The van der Waals surface area contributed by atoms with E-state index in [-0.39, 0.29) is 16.6 Å². The van der Waals surface area contributed by atoms with Crippen molar-refractivity contribution in [3.63, 3.8) is 0 Å². The van der Waals surface area contributed by atoms with Crippen LogP contribution in [-0.2, 0) is 4.74 Å². The summed E-state index contributed by atoms with van der Waals surface area (Å²) in [4.78, 5) is 15.2. The van der Waals surface area contributed by atoms with Crippen LogP contribution in [0.1, 0.15) is 37.3 Å². The quantitative estimate of drug-likeness (QED) is 0.801. The van der Waals surface area contributed by atoms with Crippen LogP contribution < -0.4 is 15.8 Å². The van der Waals surface area contributed by atoms with Gasteiger partial charge in [-0.15, -0.1) is 0 Å². The number of piperidine rings is 1. The van der Waals surface area contributed by atoms with E-state index in [9.17, 15) is 4.79 Å². The van der Waals surface area contributed by atoms with Crippen molar-refractivity contribution in [2.45, 2.75) is 38.6 Å². The number of anilines is 2. The lowest BCUT2D eigenvalue weighted by molar-refractivity contribution is 0.0595. The minimum atomic E-state index is -0.203. The van der Waals surface area contributed by atoms with Crippen LogP contribution in [0.2, 0.25) is 5.02 Å². The number of halogens is 1. The van der Waals surface area contributed by atoms with E-state index in [1.54, 1.807) is 10.9 Å². The number of aromatic nitrogens is 2. The Hall–Kier alpha value is -2.05. The molecule has 1 aromatic heterocycles. The molecule has 0 spiro atoms. The summed E-state index contributed by atoms with van der Waals surface area (Å²) in [7, 11) is 0. The zero-order valence-electron chi connectivity index (χ0n) is 16.9. The Kier molecular flexibility index (Phi) is 6.40. The number of aryl methyl sites for hydroxylation is 1. The molecule has 0 bridgehead atoms. The number of benzene rings is 1. The lowest BCUT2D eigenvalue weighted by atomic mass is 10.0. The number of nitrogens with zero attached hydrogens (tertiary/aromatic N) is 3. The maximum atomic E-state index is 12.8. The van der Waals surface area contributed by atoms with E-state index in [0.717, 1.165) is 58.5 Å². The highest BCUT2D eigenvalue weighted by molar-refractivity contribution is 6.32. The molecule has 0 amide bonds. The summed E-state index contributed by atoms with van der Waals surface area (Å²) >= 11 is 6.40. The summed E-state index contributed by atoms with van der Waals surface area (Å²) < 4.78 is 7.09. The second-order valence-electron chi connectivity index (χ2n) is 8.09. The molecule has 4 rings (SSSR count). The second kappa shape index (κ2) is 9.18. The normalized spacial score (nSPS) is 20.6. The van der Waals surface area contributed by atoms with E-state index >= 15 is 0 Å². The highest BCUT2D eigenvalue weighted by Crippen LogP contribution is 2.28. The van der Waals surface area contributed by atoms with Crippen LogP contribution in [0, 0.1) is 12.8 Å².